The molecule has 0 bridgehead atoms. The van der Waals surface area contributed by atoms with Crippen molar-refractivity contribution in [2.24, 2.45) is 4.99 Å². The molecule has 0 radical (unpaired) electrons. The highest BCUT2D eigenvalue weighted by Crippen LogP contribution is 2.39. The molecule has 0 spiro atoms. The highest BCUT2D eigenvalue weighted by atomic mass is 35.5. The van der Waals surface area contributed by atoms with Crippen LogP contribution in [0, 0.1) is 0 Å². The van der Waals surface area contributed by atoms with Crippen molar-refractivity contribution in [2.45, 2.75) is 13.8 Å². The summed E-state index contributed by atoms with van der Waals surface area (Å²) in [5.74, 6) is 1.60. The van der Waals surface area contributed by atoms with Gasteiger partial charge in [-0.15, -0.1) is 0 Å². The second-order valence-corrected chi connectivity index (χ2v) is 8.03. The maximum absolute atomic E-state index is 13.0. The molecule has 1 aliphatic rings. The zero-order valence-electron chi connectivity index (χ0n) is 18.3. The van der Waals surface area contributed by atoms with Gasteiger partial charge in [-0.1, -0.05) is 24.3 Å². The average molecular weight is 473 g/mol. The summed E-state index contributed by atoms with van der Waals surface area (Å²) in [5.41, 5.74) is 1.48. The van der Waals surface area contributed by atoms with Crippen LogP contribution in [0.25, 0.3) is 6.08 Å². The van der Waals surface area contributed by atoms with Crippen molar-refractivity contribution in [1.29, 1.82) is 0 Å². The number of ether oxygens (including phenoxy) is 3. The Kier molecular flexibility index (Phi) is 8.25. The van der Waals surface area contributed by atoms with E-state index >= 15 is 0 Å². The predicted molar refractivity (Wildman–Crippen MR) is 131 cm³/mol. The fraction of sp³-hybridized carbons (Fsp3) is 0.250. The number of hydrogen-bond donors (Lipinski definition) is 0. The number of hydrogen-bond acceptors (Lipinski definition) is 6. The van der Waals surface area contributed by atoms with Crippen molar-refractivity contribution < 1.29 is 19.0 Å². The summed E-state index contributed by atoms with van der Waals surface area (Å²) in [4.78, 5) is 19.8. The second kappa shape index (κ2) is 11.1. The van der Waals surface area contributed by atoms with E-state index in [0.29, 0.717) is 46.4 Å². The average Bonchev–Trinajstić information content (AvgIpc) is 3.07. The summed E-state index contributed by atoms with van der Waals surface area (Å²) < 4.78 is 16.5. The number of rotatable bonds is 9. The van der Waals surface area contributed by atoms with Gasteiger partial charge in [0.05, 0.1) is 29.3 Å². The lowest BCUT2D eigenvalue weighted by atomic mass is 10.1. The van der Waals surface area contributed by atoms with E-state index in [2.05, 4.69) is 11.6 Å². The summed E-state index contributed by atoms with van der Waals surface area (Å²) in [6.45, 7) is 8.92. The number of likely N-dealkylation sites (N-methyl/N-ethyl adjacent to an activating group) is 1. The Morgan fingerprint density at radius 2 is 1.94 bits per heavy atom. The molecule has 0 aromatic heterocycles. The van der Waals surface area contributed by atoms with Crippen LogP contribution in [-0.2, 0) is 4.79 Å². The first-order chi connectivity index (χ1) is 15.5. The van der Waals surface area contributed by atoms with Crippen molar-refractivity contribution in [1.82, 2.24) is 4.90 Å². The quantitative estimate of drug-likeness (QED) is 0.334. The van der Waals surface area contributed by atoms with Crippen molar-refractivity contribution in [3.63, 3.8) is 0 Å². The van der Waals surface area contributed by atoms with Gasteiger partial charge in [0.15, 0.2) is 16.7 Å². The summed E-state index contributed by atoms with van der Waals surface area (Å²) >= 11 is 7.71. The van der Waals surface area contributed by atoms with Crippen LogP contribution in [0.15, 0.2) is 59.0 Å². The molecule has 0 saturated carbocycles. The fourth-order valence-electron chi connectivity index (χ4n) is 3.02. The largest absolute Gasteiger partial charge is 0.494 e. The maximum atomic E-state index is 13.0. The third-order valence-corrected chi connectivity index (χ3v) is 5.76. The minimum absolute atomic E-state index is 0.107. The predicted octanol–water partition coefficient (Wildman–Crippen LogP) is 5.94. The van der Waals surface area contributed by atoms with E-state index < -0.39 is 0 Å². The Morgan fingerprint density at radius 1 is 1.19 bits per heavy atom. The van der Waals surface area contributed by atoms with Gasteiger partial charge in [0.25, 0.3) is 5.91 Å². The Morgan fingerprint density at radius 3 is 2.56 bits per heavy atom. The molecule has 1 aliphatic heterocycles. The van der Waals surface area contributed by atoms with Gasteiger partial charge in [-0.25, -0.2) is 4.99 Å². The molecule has 1 heterocycles. The van der Waals surface area contributed by atoms with Gasteiger partial charge in [-0.2, -0.15) is 0 Å². The van der Waals surface area contributed by atoms with Crippen LogP contribution < -0.4 is 14.2 Å². The van der Waals surface area contributed by atoms with Crippen LogP contribution in [0.3, 0.4) is 0 Å². The number of halogens is 1. The van der Waals surface area contributed by atoms with Crippen LogP contribution >= 0.6 is 23.4 Å². The standard InChI is InChI=1S/C24H25ClN2O4S/c1-5-12-31-22-19(25)13-16(14-20(22)29-4)15-21-23(28)27(6-2)24(32-21)26-17-8-10-18(11-9-17)30-7-3/h5,8-11,13-15H,1,6-7,12H2,2-4H3. The van der Waals surface area contributed by atoms with E-state index in [1.54, 1.807) is 36.3 Å². The SMILES string of the molecule is C=CCOc1c(Cl)cc(C=C2SC(=Nc3ccc(OCC)cc3)N(CC)C2=O)cc1OC. The summed E-state index contributed by atoms with van der Waals surface area (Å²) in [6.07, 6.45) is 3.41. The zero-order valence-corrected chi connectivity index (χ0v) is 19.8. The van der Waals surface area contributed by atoms with Gasteiger partial charge in [0.1, 0.15) is 12.4 Å². The lowest BCUT2D eigenvalue weighted by molar-refractivity contribution is -0.122. The molecule has 6 nitrogen and oxygen atoms in total. The van der Waals surface area contributed by atoms with Crippen LogP contribution in [0.2, 0.25) is 5.02 Å². The molecule has 2 aromatic carbocycles. The van der Waals surface area contributed by atoms with E-state index in [1.807, 2.05) is 38.1 Å². The van der Waals surface area contributed by atoms with Crippen molar-refractivity contribution >= 4 is 46.2 Å². The van der Waals surface area contributed by atoms with Gasteiger partial charge in [0.2, 0.25) is 0 Å². The number of amides is 1. The topological polar surface area (TPSA) is 60.4 Å². The first kappa shape index (κ1) is 23.8. The van der Waals surface area contributed by atoms with E-state index in [9.17, 15) is 4.79 Å². The Balaban J connectivity index is 1.89. The number of aliphatic imine (C=N–C) groups is 1. The zero-order chi connectivity index (χ0) is 23.1. The number of nitrogens with zero attached hydrogens (tertiary/aromatic N) is 2. The van der Waals surface area contributed by atoms with E-state index in [4.69, 9.17) is 25.8 Å². The van der Waals surface area contributed by atoms with Gasteiger partial charge >= 0.3 is 0 Å². The third-order valence-electron chi connectivity index (χ3n) is 4.47. The number of methoxy groups -OCH3 is 1. The van der Waals surface area contributed by atoms with Gasteiger partial charge in [0, 0.05) is 6.54 Å². The number of carbonyl (C=O) groups excluding carboxylic acids is 1. The minimum Gasteiger partial charge on any atom is -0.494 e. The highest BCUT2D eigenvalue weighted by molar-refractivity contribution is 8.18. The molecule has 2 aromatic rings. The highest BCUT2D eigenvalue weighted by Gasteiger charge is 2.32. The Labute approximate surface area is 197 Å². The molecular weight excluding hydrogens is 448 g/mol. The van der Waals surface area contributed by atoms with E-state index in [1.165, 1.54) is 11.8 Å². The molecule has 0 unspecified atom stereocenters. The lowest BCUT2D eigenvalue weighted by Gasteiger charge is -2.12. The normalized spacial score (nSPS) is 16.0. The third kappa shape index (κ3) is 5.47. The molecule has 0 N–H and O–H groups in total. The van der Waals surface area contributed by atoms with E-state index in [-0.39, 0.29) is 5.91 Å². The minimum atomic E-state index is -0.107. The second-order valence-electron chi connectivity index (χ2n) is 6.62. The summed E-state index contributed by atoms with van der Waals surface area (Å²) in [7, 11) is 1.54. The van der Waals surface area contributed by atoms with Crippen molar-refractivity contribution in [3.05, 3.63) is 64.5 Å². The van der Waals surface area contributed by atoms with Crippen LogP contribution in [-0.4, -0.2) is 42.8 Å². The molecular formula is C24H25ClN2O4S. The summed E-state index contributed by atoms with van der Waals surface area (Å²) in [5, 5.41) is 1.01. The molecule has 168 valence electrons. The fourth-order valence-corrected chi connectivity index (χ4v) is 4.36. The molecule has 1 saturated heterocycles. The molecule has 1 amide bonds. The first-order valence-corrected chi connectivity index (χ1v) is 11.3. The van der Waals surface area contributed by atoms with Gasteiger partial charge in [-0.05, 0) is 73.6 Å². The molecule has 0 atom stereocenters. The number of benzene rings is 2. The molecule has 3 rings (SSSR count). The monoisotopic (exact) mass is 472 g/mol. The number of amidine groups is 1. The van der Waals surface area contributed by atoms with Crippen molar-refractivity contribution in [2.75, 3.05) is 26.9 Å². The first-order valence-electron chi connectivity index (χ1n) is 10.1. The maximum Gasteiger partial charge on any atom is 0.266 e. The molecule has 0 aliphatic carbocycles. The van der Waals surface area contributed by atoms with Gasteiger partial charge in [-0.3, -0.25) is 9.69 Å². The number of thioether (sulfide) groups is 1. The summed E-state index contributed by atoms with van der Waals surface area (Å²) in [6, 6.07) is 11.0. The van der Waals surface area contributed by atoms with Crippen LogP contribution in [0.4, 0.5) is 5.69 Å². The van der Waals surface area contributed by atoms with Crippen LogP contribution in [0.5, 0.6) is 17.2 Å². The Hall–Kier alpha value is -2.90. The van der Waals surface area contributed by atoms with Gasteiger partial charge < -0.3 is 14.2 Å². The Bertz CT molecular complexity index is 1050. The molecule has 1 fully saturated rings. The smallest absolute Gasteiger partial charge is 0.266 e. The van der Waals surface area contributed by atoms with Crippen LogP contribution in [0.1, 0.15) is 19.4 Å². The van der Waals surface area contributed by atoms with Crippen molar-refractivity contribution in [3.8, 4) is 17.2 Å². The molecule has 8 heteroatoms. The number of carbonyl (C=O) groups is 1. The van der Waals surface area contributed by atoms with E-state index in [0.717, 1.165) is 17.0 Å². The molecule has 32 heavy (non-hydrogen) atoms. The lowest BCUT2D eigenvalue weighted by Crippen LogP contribution is -2.28.